The van der Waals surface area contributed by atoms with Gasteiger partial charge in [0, 0.05) is 18.6 Å². The lowest BCUT2D eigenvalue weighted by Crippen LogP contribution is -2.52. The Hall–Kier alpha value is -1.30. The standard InChI is InChI=1S/C14H25N3O3/c15-11-6-1-2-7-12(11)17-14(20)16-8-9-4-3-5-10(9)13(18)19/h9-12H,1-8,15H2,(H,18,19)(H2,16,17,20). The SMILES string of the molecule is NC1CCCCC1NC(=O)NCC1CCCC1C(=O)O. The first-order chi connectivity index (χ1) is 9.58. The van der Waals surface area contributed by atoms with Gasteiger partial charge < -0.3 is 21.5 Å². The smallest absolute Gasteiger partial charge is 0.315 e. The van der Waals surface area contributed by atoms with Gasteiger partial charge >= 0.3 is 12.0 Å². The number of hydrogen-bond acceptors (Lipinski definition) is 3. The Morgan fingerprint density at radius 3 is 2.55 bits per heavy atom. The third-order valence-electron chi connectivity index (χ3n) is 4.64. The van der Waals surface area contributed by atoms with Gasteiger partial charge in [-0.2, -0.15) is 0 Å². The van der Waals surface area contributed by atoms with Crippen LogP contribution >= 0.6 is 0 Å². The summed E-state index contributed by atoms with van der Waals surface area (Å²) in [5.74, 6) is -1.01. The lowest BCUT2D eigenvalue weighted by atomic mass is 9.91. The number of carboxylic acid groups (broad SMARTS) is 1. The Morgan fingerprint density at radius 2 is 1.85 bits per heavy atom. The summed E-state index contributed by atoms with van der Waals surface area (Å²) in [5, 5.41) is 14.8. The maximum Gasteiger partial charge on any atom is 0.315 e. The van der Waals surface area contributed by atoms with E-state index in [0.29, 0.717) is 6.54 Å². The molecule has 20 heavy (non-hydrogen) atoms. The van der Waals surface area contributed by atoms with E-state index in [4.69, 9.17) is 10.8 Å². The summed E-state index contributed by atoms with van der Waals surface area (Å²) >= 11 is 0. The Labute approximate surface area is 119 Å². The molecule has 2 saturated carbocycles. The largest absolute Gasteiger partial charge is 0.481 e. The van der Waals surface area contributed by atoms with Gasteiger partial charge in [0.25, 0.3) is 0 Å². The van der Waals surface area contributed by atoms with Crippen LogP contribution in [0.25, 0.3) is 0 Å². The summed E-state index contributed by atoms with van der Waals surface area (Å²) in [6, 6.07) is -0.140. The number of carboxylic acids is 1. The van der Waals surface area contributed by atoms with Crippen molar-refractivity contribution >= 4 is 12.0 Å². The number of urea groups is 1. The quantitative estimate of drug-likeness (QED) is 0.619. The fraction of sp³-hybridized carbons (Fsp3) is 0.857. The summed E-state index contributed by atoms with van der Waals surface area (Å²) in [6.07, 6.45) is 6.63. The lowest BCUT2D eigenvalue weighted by Gasteiger charge is -2.29. The van der Waals surface area contributed by atoms with Crippen molar-refractivity contribution < 1.29 is 14.7 Å². The molecule has 2 rings (SSSR count). The maximum atomic E-state index is 11.9. The first-order valence-corrected chi connectivity index (χ1v) is 7.60. The number of rotatable bonds is 4. The normalized spacial score (nSPS) is 33.6. The number of amides is 2. The number of carbonyl (C=O) groups is 2. The van der Waals surface area contributed by atoms with E-state index in [-0.39, 0.29) is 30.0 Å². The highest BCUT2D eigenvalue weighted by atomic mass is 16.4. The van der Waals surface area contributed by atoms with Crippen molar-refractivity contribution in [3.8, 4) is 0 Å². The predicted molar refractivity (Wildman–Crippen MR) is 75.2 cm³/mol. The monoisotopic (exact) mass is 283 g/mol. The number of hydrogen-bond donors (Lipinski definition) is 4. The molecule has 2 aliphatic rings. The zero-order valence-corrected chi connectivity index (χ0v) is 11.8. The van der Waals surface area contributed by atoms with E-state index in [9.17, 15) is 9.59 Å². The zero-order chi connectivity index (χ0) is 14.5. The molecule has 114 valence electrons. The fourth-order valence-electron chi connectivity index (χ4n) is 3.39. The Kier molecular flexibility index (Phi) is 5.23. The summed E-state index contributed by atoms with van der Waals surface area (Å²) in [6.45, 7) is 0.435. The highest BCUT2D eigenvalue weighted by Gasteiger charge is 2.33. The van der Waals surface area contributed by atoms with E-state index in [1.54, 1.807) is 0 Å². The molecule has 2 aliphatic carbocycles. The van der Waals surface area contributed by atoms with Crippen LogP contribution in [0.1, 0.15) is 44.9 Å². The van der Waals surface area contributed by atoms with E-state index < -0.39 is 5.97 Å². The fourth-order valence-corrected chi connectivity index (χ4v) is 3.39. The highest BCUT2D eigenvalue weighted by molar-refractivity contribution is 5.74. The third kappa shape index (κ3) is 3.85. The molecule has 0 bridgehead atoms. The Morgan fingerprint density at radius 1 is 1.10 bits per heavy atom. The van der Waals surface area contributed by atoms with E-state index in [2.05, 4.69) is 10.6 Å². The van der Waals surface area contributed by atoms with Crippen LogP contribution in [0.15, 0.2) is 0 Å². The van der Waals surface area contributed by atoms with Gasteiger partial charge in [-0.25, -0.2) is 4.79 Å². The van der Waals surface area contributed by atoms with Crippen molar-refractivity contribution in [2.24, 2.45) is 17.6 Å². The van der Waals surface area contributed by atoms with Gasteiger partial charge in [0.1, 0.15) is 0 Å². The van der Waals surface area contributed by atoms with Crippen molar-refractivity contribution in [3.63, 3.8) is 0 Å². The number of nitrogens with one attached hydrogen (secondary N) is 2. The Bertz CT molecular complexity index is 362. The van der Waals surface area contributed by atoms with Gasteiger partial charge in [-0.15, -0.1) is 0 Å². The molecule has 4 unspecified atom stereocenters. The predicted octanol–water partition coefficient (Wildman–Crippen LogP) is 1.06. The second-order valence-corrected chi connectivity index (χ2v) is 6.04. The van der Waals surface area contributed by atoms with Crippen molar-refractivity contribution in [2.45, 2.75) is 57.0 Å². The molecule has 0 saturated heterocycles. The number of aliphatic carboxylic acids is 1. The van der Waals surface area contributed by atoms with Gasteiger partial charge in [0.15, 0.2) is 0 Å². The molecule has 2 amide bonds. The molecule has 5 N–H and O–H groups in total. The van der Waals surface area contributed by atoms with Crippen molar-refractivity contribution in [3.05, 3.63) is 0 Å². The van der Waals surface area contributed by atoms with Crippen LogP contribution in [-0.4, -0.2) is 35.7 Å². The Balaban J connectivity index is 1.73. The molecule has 0 radical (unpaired) electrons. The van der Waals surface area contributed by atoms with Crippen LogP contribution in [0.2, 0.25) is 0 Å². The molecule has 6 heteroatoms. The van der Waals surface area contributed by atoms with E-state index in [0.717, 1.165) is 44.9 Å². The maximum absolute atomic E-state index is 11.9. The van der Waals surface area contributed by atoms with Crippen molar-refractivity contribution in [1.29, 1.82) is 0 Å². The molecule has 6 nitrogen and oxygen atoms in total. The third-order valence-corrected chi connectivity index (χ3v) is 4.64. The van der Waals surface area contributed by atoms with Crippen LogP contribution in [0.3, 0.4) is 0 Å². The minimum atomic E-state index is -0.746. The van der Waals surface area contributed by atoms with Crippen LogP contribution in [-0.2, 0) is 4.79 Å². The molecule has 2 fully saturated rings. The van der Waals surface area contributed by atoms with Crippen LogP contribution in [0.5, 0.6) is 0 Å². The second-order valence-electron chi connectivity index (χ2n) is 6.04. The molecule has 4 atom stereocenters. The van der Waals surface area contributed by atoms with E-state index in [1.807, 2.05) is 0 Å². The summed E-state index contributed by atoms with van der Waals surface area (Å²) in [4.78, 5) is 22.9. The van der Waals surface area contributed by atoms with Gasteiger partial charge in [-0.1, -0.05) is 19.3 Å². The van der Waals surface area contributed by atoms with Crippen LogP contribution in [0, 0.1) is 11.8 Å². The topological polar surface area (TPSA) is 104 Å². The summed E-state index contributed by atoms with van der Waals surface area (Å²) in [7, 11) is 0. The molecule has 0 aromatic rings. The summed E-state index contributed by atoms with van der Waals surface area (Å²) < 4.78 is 0. The molecule has 0 aliphatic heterocycles. The summed E-state index contributed by atoms with van der Waals surface area (Å²) in [5.41, 5.74) is 5.99. The van der Waals surface area contributed by atoms with Gasteiger partial charge in [0.05, 0.1) is 5.92 Å². The zero-order valence-electron chi connectivity index (χ0n) is 11.8. The average molecular weight is 283 g/mol. The highest BCUT2D eigenvalue weighted by Crippen LogP contribution is 2.31. The lowest BCUT2D eigenvalue weighted by molar-refractivity contribution is -0.142. The molecule has 0 heterocycles. The molecular formula is C14H25N3O3. The average Bonchev–Trinajstić information content (AvgIpc) is 2.88. The first kappa shape index (κ1) is 15.1. The van der Waals surface area contributed by atoms with Crippen molar-refractivity contribution in [2.75, 3.05) is 6.54 Å². The number of nitrogens with two attached hydrogens (primary N) is 1. The van der Waals surface area contributed by atoms with Crippen LogP contribution in [0.4, 0.5) is 4.79 Å². The minimum absolute atomic E-state index is 0.0350. The molecule has 0 aromatic carbocycles. The van der Waals surface area contributed by atoms with E-state index in [1.165, 1.54) is 0 Å². The van der Waals surface area contributed by atoms with Gasteiger partial charge in [-0.3, -0.25) is 4.79 Å². The molecule has 0 aromatic heterocycles. The molecular weight excluding hydrogens is 258 g/mol. The van der Waals surface area contributed by atoms with Crippen LogP contribution < -0.4 is 16.4 Å². The van der Waals surface area contributed by atoms with E-state index >= 15 is 0 Å². The van der Waals surface area contributed by atoms with Crippen molar-refractivity contribution in [1.82, 2.24) is 10.6 Å². The minimum Gasteiger partial charge on any atom is -0.481 e. The number of carbonyl (C=O) groups excluding carboxylic acids is 1. The second kappa shape index (κ2) is 6.92. The van der Waals surface area contributed by atoms with Gasteiger partial charge in [-0.05, 0) is 31.6 Å². The molecule has 0 spiro atoms. The first-order valence-electron chi connectivity index (χ1n) is 7.60. The van der Waals surface area contributed by atoms with Gasteiger partial charge in [0.2, 0.25) is 0 Å².